The maximum absolute atomic E-state index is 12.9. The summed E-state index contributed by atoms with van der Waals surface area (Å²) in [4.78, 5) is 19.6. The average Bonchev–Trinajstić information content (AvgIpc) is 3.22. The highest BCUT2D eigenvalue weighted by Gasteiger charge is 2.20. The van der Waals surface area contributed by atoms with Crippen molar-refractivity contribution in [1.29, 1.82) is 0 Å². The van der Waals surface area contributed by atoms with Gasteiger partial charge in [0.15, 0.2) is 17.3 Å². The maximum Gasteiger partial charge on any atom is 0.255 e. The van der Waals surface area contributed by atoms with Crippen molar-refractivity contribution < 1.29 is 14.3 Å². The summed E-state index contributed by atoms with van der Waals surface area (Å²) in [5.74, 6) is 1.73. The molecular weight excluding hydrogens is 342 g/mol. The van der Waals surface area contributed by atoms with Crippen LogP contribution in [0, 0.1) is 0 Å². The Bertz CT molecular complexity index is 843. The summed E-state index contributed by atoms with van der Waals surface area (Å²) < 4.78 is 10.8. The number of carbonyl (C=O) groups excluding carboxylic acids is 1. The van der Waals surface area contributed by atoms with E-state index >= 15 is 0 Å². The van der Waals surface area contributed by atoms with Crippen LogP contribution in [0.3, 0.4) is 0 Å². The molecule has 0 unspecified atom stereocenters. The van der Waals surface area contributed by atoms with Crippen LogP contribution in [0.4, 0.5) is 11.5 Å². The highest BCUT2D eigenvalue weighted by Crippen LogP contribution is 2.34. The lowest BCUT2D eigenvalue weighted by Crippen LogP contribution is -2.22. The molecule has 6 heteroatoms. The van der Waals surface area contributed by atoms with Crippen molar-refractivity contribution in [2.45, 2.75) is 19.8 Å². The van der Waals surface area contributed by atoms with Gasteiger partial charge in [-0.3, -0.25) is 4.79 Å². The minimum Gasteiger partial charge on any atom is -0.493 e. The number of allylic oxidation sites excluding steroid dienone is 1. The van der Waals surface area contributed by atoms with Crippen molar-refractivity contribution in [3.8, 4) is 11.5 Å². The fraction of sp³-hybridized carbons (Fsp3) is 0.333. The van der Waals surface area contributed by atoms with E-state index in [-0.39, 0.29) is 5.91 Å². The van der Waals surface area contributed by atoms with Crippen LogP contribution in [-0.4, -0.2) is 38.2 Å². The first-order valence-corrected chi connectivity index (χ1v) is 9.08. The van der Waals surface area contributed by atoms with Gasteiger partial charge in [-0.15, -0.1) is 0 Å². The number of rotatable bonds is 6. The van der Waals surface area contributed by atoms with E-state index in [1.165, 1.54) is 0 Å². The molecule has 3 rings (SSSR count). The topological polar surface area (TPSA) is 63.7 Å². The highest BCUT2D eigenvalue weighted by atomic mass is 16.5. The Balaban J connectivity index is 1.92. The average molecular weight is 367 g/mol. The molecular formula is C21H25N3O3. The van der Waals surface area contributed by atoms with E-state index < -0.39 is 0 Å². The van der Waals surface area contributed by atoms with Crippen LogP contribution >= 0.6 is 0 Å². The molecule has 0 aliphatic carbocycles. The van der Waals surface area contributed by atoms with E-state index in [4.69, 9.17) is 9.47 Å². The van der Waals surface area contributed by atoms with Crippen LogP contribution in [-0.2, 0) is 0 Å². The van der Waals surface area contributed by atoms with Crippen LogP contribution < -0.4 is 19.7 Å². The van der Waals surface area contributed by atoms with Crippen LogP contribution in [0.1, 0.15) is 35.7 Å². The predicted molar refractivity (Wildman–Crippen MR) is 108 cm³/mol. The second-order valence-corrected chi connectivity index (χ2v) is 6.32. The summed E-state index contributed by atoms with van der Waals surface area (Å²) in [6.07, 6.45) is 7.83. The van der Waals surface area contributed by atoms with Crippen LogP contribution in [0.25, 0.3) is 6.08 Å². The molecule has 1 N–H and O–H groups in total. The minimum absolute atomic E-state index is 0.213. The lowest BCUT2D eigenvalue weighted by atomic mass is 10.1. The van der Waals surface area contributed by atoms with Gasteiger partial charge in [0.05, 0.1) is 19.9 Å². The number of hydrogen-bond acceptors (Lipinski definition) is 5. The molecule has 2 heterocycles. The lowest BCUT2D eigenvalue weighted by Gasteiger charge is -2.20. The Morgan fingerprint density at radius 3 is 2.67 bits per heavy atom. The first-order chi connectivity index (χ1) is 13.2. The van der Waals surface area contributed by atoms with Crippen molar-refractivity contribution in [2.75, 3.05) is 37.5 Å². The number of methoxy groups -OCH3 is 2. The van der Waals surface area contributed by atoms with Gasteiger partial charge in [0.1, 0.15) is 0 Å². The molecule has 142 valence electrons. The van der Waals surface area contributed by atoms with Gasteiger partial charge in [-0.05, 0) is 44.0 Å². The third-order valence-corrected chi connectivity index (χ3v) is 4.56. The first-order valence-electron chi connectivity index (χ1n) is 9.08. The SMILES string of the molecule is CC=Cc1cc(C(=O)Nc2cccnc2N2CCCC2)cc(OC)c1OC. The number of aromatic nitrogens is 1. The van der Waals surface area contributed by atoms with E-state index in [2.05, 4.69) is 15.2 Å². The fourth-order valence-electron chi connectivity index (χ4n) is 3.30. The molecule has 0 radical (unpaired) electrons. The molecule has 27 heavy (non-hydrogen) atoms. The third kappa shape index (κ3) is 4.05. The summed E-state index contributed by atoms with van der Waals surface area (Å²) in [6.45, 7) is 3.83. The number of anilines is 2. The monoisotopic (exact) mass is 367 g/mol. The number of benzene rings is 1. The van der Waals surface area contributed by atoms with Crippen LogP contribution in [0.2, 0.25) is 0 Å². The van der Waals surface area contributed by atoms with Gasteiger partial charge in [0.25, 0.3) is 5.91 Å². The number of nitrogens with one attached hydrogen (secondary N) is 1. The van der Waals surface area contributed by atoms with Crippen molar-refractivity contribution in [3.63, 3.8) is 0 Å². The summed E-state index contributed by atoms with van der Waals surface area (Å²) in [7, 11) is 3.15. The maximum atomic E-state index is 12.9. The van der Waals surface area contributed by atoms with Crippen LogP contribution in [0.15, 0.2) is 36.5 Å². The zero-order valence-corrected chi connectivity index (χ0v) is 16.0. The Kier molecular flexibility index (Phi) is 5.96. The molecule has 6 nitrogen and oxygen atoms in total. The van der Waals surface area contributed by atoms with Gasteiger partial charge >= 0.3 is 0 Å². The largest absolute Gasteiger partial charge is 0.493 e. The number of carbonyl (C=O) groups is 1. The summed E-state index contributed by atoms with van der Waals surface area (Å²) in [5, 5.41) is 3.00. The molecule has 2 aromatic rings. The smallest absolute Gasteiger partial charge is 0.255 e. The fourth-order valence-corrected chi connectivity index (χ4v) is 3.30. The molecule has 1 amide bonds. The number of amides is 1. The Labute approximate surface area is 159 Å². The molecule has 1 fully saturated rings. The van der Waals surface area contributed by atoms with Gasteiger partial charge in [0.2, 0.25) is 0 Å². The van der Waals surface area contributed by atoms with E-state index in [9.17, 15) is 4.79 Å². The molecule has 0 spiro atoms. The van der Waals surface area contributed by atoms with Crippen molar-refractivity contribution in [2.24, 2.45) is 0 Å². The van der Waals surface area contributed by atoms with Gasteiger partial charge in [-0.2, -0.15) is 0 Å². The predicted octanol–water partition coefficient (Wildman–Crippen LogP) is 3.98. The quantitative estimate of drug-likeness (QED) is 0.836. The standard InChI is InChI=1S/C21H25N3O3/c1-4-8-15-13-16(14-18(26-2)19(15)27-3)21(25)23-17-9-7-10-22-20(17)24-11-5-6-12-24/h4,7-10,13-14H,5-6,11-12H2,1-3H3,(H,23,25). The molecule has 1 aromatic heterocycles. The van der Waals surface area contributed by atoms with E-state index in [1.54, 1.807) is 32.5 Å². The first kappa shape index (κ1) is 18.8. The molecule has 1 aliphatic heterocycles. The van der Waals surface area contributed by atoms with E-state index in [0.29, 0.717) is 22.7 Å². The van der Waals surface area contributed by atoms with Gasteiger partial charge in [0, 0.05) is 30.4 Å². The van der Waals surface area contributed by atoms with Gasteiger partial charge in [-0.1, -0.05) is 12.2 Å². The molecule has 0 atom stereocenters. The Morgan fingerprint density at radius 1 is 1.22 bits per heavy atom. The number of ether oxygens (including phenoxy) is 2. The van der Waals surface area contributed by atoms with Crippen molar-refractivity contribution in [1.82, 2.24) is 4.98 Å². The number of hydrogen-bond donors (Lipinski definition) is 1. The summed E-state index contributed by atoms with van der Waals surface area (Å²) in [5.41, 5.74) is 2.00. The molecule has 1 saturated heterocycles. The lowest BCUT2D eigenvalue weighted by molar-refractivity contribution is 0.102. The van der Waals surface area contributed by atoms with Crippen molar-refractivity contribution >= 4 is 23.5 Å². The molecule has 0 bridgehead atoms. The zero-order chi connectivity index (χ0) is 19.2. The van der Waals surface area contributed by atoms with E-state index in [0.717, 1.165) is 37.3 Å². The Morgan fingerprint density at radius 2 is 2.00 bits per heavy atom. The summed E-state index contributed by atoms with van der Waals surface area (Å²) >= 11 is 0. The van der Waals surface area contributed by atoms with Gasteiger partial charge < -0.3 is 19.7 Å². The molecule has 0 saturated carbocycles. The normalized spacial score (nSPS) is 13.8. The third-order valence-electron chi connectivity index (χ3n) is 4.56. The van der Waals surface area contributed by atoms with Crippen LogP contribution in [0.5, 0.6) is 11.5 Å². The minimum atomic E-state index is -0.213. The highest BCUT2D eigenvalue weighted by molar-refractivity contribution is 6.06. The molecule has 1 aliphatic rings. The Hall–Kier alpha value is -3.02. The van der Waals surface area contributed by atoms with Crippen molar-refractivity contribution in [3.05, 3.63) is 47.7 Å². The van der Waals surface area contributed by atoms with Gasteiger partial charge in [-0.25, -0.2) is 4.98 Å². The zero-order valence-electron chi connectivity index (χ0n) is 16.0. The second kappa shape index (κ2) is 8.58. The second-order valence-electron chi connectivity index (χ2n) is 6.32. The number of pyridine rings is 1. The number of nitrogens with zero attached hydrogens (tertiary/aromatic N) is 2. The molecule has 1 aromatic carbocycles. The summed E-state index contributed by atoms with van der Waals surface area (Å²) in [6, 6.07) is 7.19. The van der Waals surface area contributed by atoms with E-state index in [1.807, 2.05) is 31.2 Å².